The van der Waals surface area contributed by atoms with Crippen LogP contribution in [-0.2, 0) is 0 Å². The van der Waals surface area contributed by atoms with Crippen molar-refractivity contribution in [3.8, 4) is 11.3 Å². The van der Waals surface area contributed by atoms with Crippen molar-refractivity contribution < 1.29 is 9.18 Å². The Morgan fingerprint density at radius 2 is 1.96 bits per heavy atom. The summed E-state index contributed by atoms with van der Waals surface area (Å²) in [5.41, 5.74) is 2.65. The quantitative estimate of drug-likeness (QED) is 0.516. The van der Waals surface area contributed by atoms with Crippen LogP contribution >= 0.6 is 15.9 Å². The van der Waals surface area contributed by atoms with E-state index in [1.165, 1.54) is 12.3 Å². The maximum atomic E-state index is 13.7. The number of nitrogens with zero attached hydrogens (tertiary/aromatic N) is 3. The van der Waals surface area contributed by atoms with Gasteiger partial charge in [0.15, 0.2) is 0 Å². The number of pyridine rings is 3. The van der Waals surface area contributed by atoms with Gasteiger partial charge in [-0.1, -0.05) is 6.07 Å². The lowest BCUT2D eigenvalue weighted by atomic mass is 10.1. The zero-order valence-electron chi connectivity index (χ0n) is 12.1. The first-order chi connectivity index (χ1) is 11.1. The number of hydrogen-bond acceptors (Lipinski definition) is 4. The van der Waals surface area contributed by atoms with E-state index >= 15 is 0 Å². The van der Waals surface area contributed by atoms with Crippen molar-refractivity contribution in [1.29, 1.82) is 0 Å². The molecule has 0 aromatic carbocycles. The van der Waals surface area contributed by atoms with Crippen LogP contribution in [0.1, 0.15) is 21.6 Å². The molecule has 3 rings (SSSR count). The zero-order valence-corrected chi connectivity index (χ0v) is 13.7. The minimum absolute atomic E-state index is 0.117. The summed E-state index contributed by atoms with van der Waals surface area (Å²) < 4.78 is 14.2. The number of aryl methyl sites for hydroxylation is 1. The molecule has 0 aliphatic heterocycles. The van der Waals surface area contributed by atoms with Gasteiger partial charge in [0.2, 0.25) is 11.7 Å². The number of carbonyl (C=O) groups excluding carboxylic acids is 1. The predicted molar refractivity (Wildman–Crippen MR) is 87.5 cm³/mol. The van der Waals surface area contributed by atoms with Crippen molar-refractivity contribution in [2.24, 2.45) is 0 Å². The van der Waals surface area contributed by atoms with Gasteiger partial charge in [-0.2, -0.15) is 4.39 Å². The van der Waals surface area contributed by atoms with Crippen LogP contribution in [0.2, 0.25) is 0 Å². The van der Waals surface area contributed by atoms with Crippen molar-refractivity contribution in [2.45, 2.75) is 6.92 Å². The van der Waals surface area contributed by atoms with Gasteiger partial charge >= 0.3 is 0 Å². The van der Waals surface area contributed by atoms with Gasteiger partial charge in [-0.25, -0.2) is 4.98 Å². The molecular weight excluding hydrogens is 361 g/mol. The van der Waals surface area contributed by atoms with Gasteiger partial charge < -0.3 is 0 Å². The number of halogens is 2. The van der Waals surface area contributed by atoms with Crippen molar-refractivity contribution in [3.63, 3.8) is 0 Å². The minimum atomic E-state index is -0.815. The zero-order chi connectivity index (χ0) is 16.4. The fourth-order valence-electron chi connectivity index (χ4n) is 2.18. The molecule has 0 bridgehead atoms. The molecule has 0 saturated heterocycles. The van der Waals surface area contributed by atoms with Crippen LogP contribution in [0.4, 0.5) is 4.39 Å². The highest BCUT2D eigenvalue weighted by Crippen LogP contribution is 2.21. The lowest BCUT2D eigenvalue weighted by Gasteiger charge is -2.06. The molecule has 0 N–H and O–H groups in total. The first kappa shape index (κ1) is 15.4. The molecule has 0 aliphatic carbocycles. The highest BCUT2D eigenvalue weighted by atomic mass is 79.9. The summed E-state index contributed by atoms with van der Waals surface area (Å²) in [7, 11) is 0. The average Bonchev–Trinajstić information content (AvgIpc) is 2.57. The Bertz CT molecular complexity index is 881. The Hall–Kier alpha value is -2.47. The molecule has 6 heteroatoms. The van der Waals surface area contributed by atoms with Gasteiger partial charge in [0.1, 0.15) is 5.69 Å². The molecule has 0 aliphatic rings. The van der Waals surface area contributed by atoms with E-state index in [1.807, 2.05) is 19.1 Å². The lowest BCUT2D eigenvalue weighted by Crippen LogP contribution is -2.08. The molecule has 0 radical (unpaired) electrons. The molecule has 3 aromatic heterocycles. The Balaban J connectivity index is 1.95. The first-order valence-corrected chi connectivity index (χ1v) is 7.59. The van der Waals surface area contributed by atoms with Gasteiger partial charge in [-0.3, -0.25) is 14.8 Å². The van der Waals surface area contributed by atoms with Crippen molar-refractivity contribution in [1.82, 2.24) is 15.0 Å². The van der Waals surface area contributed by atoms with Crippen molar-refractivity contribution in [2.75, 3.05) is 0 Å². The summed E-state index contributed by atoms with van der Waals surface area (Å²) in [6.45, 7) is 1.95. The molecule has 0 amide bonds. The van der Waals surface area contributed by atoms with Gasteiger partial charge in [0, 0.05) is 28.6 Å². The molecule has 0 unspecified atom stereocenters. The van der Waals surface area contributed by atoms with E-state index in [9.17, 15) is 9.18 Å². The van der Waals surface area contributed by atoms with Gasteiger partial charge in [0.05, 0.1) is 11.3 Å². The number of aromatic nitrogens is 3. The van der Waals surface area contributed by atoms with E-state index < -0.39 is 11.7 Å². The van der Waals surface area contributed by atoms with Gasteiger partial charge in [-0.15, -0.1) is 0 Å². The van der Waals surface area contributed by atoms with Crippen LogP contribution in [0.15, 0.2) is 53.4 Å². The normalized spacial score (nSPS) is 10.6. The van der Waals surface area contributed by atoms with E-state index in [2.05, 4.69) is 30.9 Å². The topological polar surface area (TPSA) is 55.7 Å². The molecule has 23 heavy (non-hydrogen) atoms. The molecule has 0 saturated carbocycles. The number of rotatable bonds is 3. The second kappa shape index (κ2) is 6.34. The fourth-order valence-corrected chi connectivity index (χ4v) is 2.51. The molecular formula is C17H11BrFN3O. The van der Waals surface area contributed by atoms with Crippen molar-refractivity contribution >= 4 is 21.7 Å². The van der Waals surface area contributed by atoms with E-state index in [-0.39, 0.29) is 11.3 Å². The molecule has 114 valence electrons. The van der Waals surface area contributed by atoms with E-state index in [0.29, 0.717) is 4.47 Å². The summed E-state index contributed by atoms with van der Waals surface area (Å²) in [5, 5.41) is 0. The number of ketones is 1. The summed E-state index contributed by atoms with van der Waals surface area (Å²) in [6.07, 6.45) is 4.56. The van der Waals surface area contributed by atoms with E-state index in [0.717, 1.165) is 16.8 Å². The van der Waals surface area contributed by atoms with Crippen LogP contribution < -0.4 is 0 Å². The van der Waals surface area contributed by atoms with Crippen LogP contribution in [-0.4, -0.2) is 20.7 Å². The van der Waals surface area contributed by atoms with Crippen molar-refractivity contribution in [3.05, 3.63) is 76.2 Å². The largest absolute Gasteiger partial charge is 0.287 e. The molecule has 4 nitrogen and oxygen atoms in total. The molecule has 0 spiro atoms. The Kier molecular flexibility index (Phi) is 4.25. The predicted octanol–water partition coefficient (Wildman–Crippen LogP) is 3.98. The smallest absolute Gasteiger partial charge is 0.224 e. The Morgan fingerprint density at radius 3 is 2.65 bits per heavy atom. The molecule has 0 atom stereocenters. The molecule has 3 heterocycles. The fraction of sp³-hybridized carbons (Fsp3) is 0.0588. The highest BCUT2D eigenvalue weighted by molar-refractivity contribution is 9.10. The summed E-state index contributed by atoms with van der Waals surface area (Å²) in [4.78, 5) is 24.3. The minimum Gasteiger partial charge on any atom is -0.287 e. The second-order valence-electron chi connectivity index (χ2n) is 4.92. The van der Waals surface area contributed by atoms with Gasteiger partial charge in [0.25, 0.3) is 0 Å². The summed E-state index contributed by atoms with van der Waals surface area (Å²) in [6, 6.07) is 8.51. The standard InChI is InChI=1S/C17H11BrFN3O/c1-10-3-2-6-20-15(10)11-4-5-14(21-8-11)16(23)13-7-12(18)9-22-17(13)19/h2-9H,1H3. The number of hydrogen-bond donors (Lipinski definition) is 0. The third-order valence-electron chi connectivity index (χ3n) is 3.33. The lowest BCUT2D eigenvalue weighted by molar-refractivity contribution is 0.102. The maximum Gasteiger partial charge on any atom is 0.224 e. The summed E-state index contributed by atoms with van der Waals surface area (Å²) >= 11 is 3.18. The highest BCUT2D eigenvalue weighted by Gasteiger charge is 2.17. The monoisotopic (exact) mass is 371 g/mol. The molecule has 0 fully saturated rings. The molecule has 3 aromatic rings. The van der Waals surface area contributed by atoms with Crippen LogP contribution in [0, 0.1) is 12.9 Å². The third-order valence-corrected chi connectivity index (χ3v) is 3.76. The van der Waals surface area contributed by atoms with E-state index in [4.69, 9.17) is 0 Å². The Morgan fingerprint density at radius 1 is 1.13 bits per heavy atom. The van der Waals surface area contributed by atoms with Crippen LogP contribution in [0.25, 0.3) is 11.3 Å². The Labute approximate surface area is 140 Å². The number of carbonyl (C=O) groups is 1. The first-order valence-electron chi connectivity index (χ1n) is 6.80. The summed E-state index contributed by atoms with van der Waals surface area (Å²) in [5.74, 6) is -1.33. The average molecular weight is 372 g/mol. The van der Waals surface area contributed by atoms with Gasteiger partial charge in [-0.05, 0) is 52.7 Å². The maximum absolute atomic E-state index is 13.7. The van der Waals surface area contributed by atoms with E-state index in [1.54, 1.807) is 24.5 Å². The second-order valence-corrected chi connectivity index (χ2v) is 5.84. The van der Waals surface area contributed by atoms with Crippen LogP contribution in [0.5, 0.6) is 0 Å². The third kappa shape index (κ3) is 3.17. The van der Waals surface area contributed by atoms with Crippen LogP contribution in [0.3, 0.4) is 0 Å². The SMILES string of the molecule is Cc1cccnc1-c1ccc(C(=O)c2cc(Br)cnc2F)nc1.